The summed E-state index contributed by atoms with van der Waals surface area (Å²) in [7, 11) is -0.513. The molecule has 0 saturated carbocycles. The van der Waals surface area contributed by atoms with E-state index >= 15 is 0 Å². The molecule has 3 heterocycles. The zero-order chi connectivity index (χ0) is 25.3. The minimum Gasteiger partial charge on any atom is -0.444 e. The first kappa shape index (κ1) is 26.2. The first-order chi connectivity index (χ1) is 15.7. The van der Waals surface area contributed by atoms with Crippen LogP contribution in [0.15, 0.2) is 12.4 Å². The summed E-state index contributed by atoms with van der Waals surface area (Å²) in [5, 5.41) is 5.94. The van der Waals surface area contributed by atoms with Crippen LogP contribution in [0.3, 0.4) is 0 Å². The van der Waals surface area contributed by atoms with Crippen molar-refractivity contribution in [3.63, 3.8) is 0 Å². The monoisotopic (exact) mass is 475 g/mol. The number of ether oxygens (including phenoxy) is 1. The number of amides is 2. The predicted octanol–water partition coefficient (Wildman–Crippen LogP) is 2.09. The second kappa shape index (κ2) is 9.69. The average molecular weight is 475 g/mol. The summed E-state index contributed by atoms with van der Waals surface area (Å²) >= 11 is 0. The SMILES string of the molecule is C[C@@H](NC(=O)OC(C)(C)C)C(=O)N1CCC[C@@H](Nc2ncc(B3OC(C)(C)C(C)(C)O3)cn2)C1. The summed E-state index contributed by atoms with van der Waals surface area (Å²) in [4.78, 5) is 35.5. The van der Waals surface area contributed by atoms with Crippen LogP contribution in [0.25, 0.3) is 0 Å². The highest BCUT2D eigenvalue weighted by Crippen LogP contribution is 2.36. The molecule has 0 spiro atoms. The smallest absolute Gasteiger partial charge is 0.444 e. The third-order valence-corrected chi connectivity index (χ3v) is 6.37. The standard InChI is InChI=1S/C23H38BN5O5/c1-15(27-20(31)32-21(2,3)4)18(30)29-11-9-10-17(14-29)28-19-25-12-16(13-26-19)24-33-22(5,6)23(7,8)34-24/h12-13,15,17H,9-11,14H2,1-8H3,(H,27,31)(H,25,26,28)/t15-,17-/m1/s1. The number of anilines is 1. The molecule has 2 amide bonds. The highest BCUT2D eigenvalue weighted by Gasteiger charge is 2.52. The van der Waals surface area contributed by atoms with Crippen molar-refractivity contribution in [3.8, 4) is 0 Å². The molecule has 0 bridgehead atoms. The van der Waals surface area contributed by atoms with E-state index in [1.54, 1.807) is 45.0 Å². The van der Waals surface area contributed by atoms with E-state index in [4.69, 9.17) is 14.0 Å². The Morgan fingerprint density at radius 3 is 2.32 bits per heavy atom. The lowest BCUT2D eigenvalue weighted by Crippen LogP contribution is -2.52. The second-order valence-corrected chi connectivity index (χ2v) is 11.1. The fraction of sp³-hybridized carbons (Fsp3) is 0.739. The van der Waals surface area contributed by atoms with Crippen molar-refractivity contribution >= 4 is 30.5 Å². The van der Waals surface area contributed by atoms with Crippen LogP contribution in [0.2, 0.25) is 0 Å². The maximum atomic E-state index is 12.9. The van der Waals surface area contributed by atoms with Gasteiger partial charge in [-0.25, -0.2) is 14.8 Å². The summed E-state index contributed by atoms with van der Waals surface area (Å²) in [6.45, 7) is 16.2. The fourth-order valence-corrected chi connectivity index (χ4v) is 3.81. The van der Waals surface area contributed by atoms with Crippen molar-refractivity contribution < 1.29 is 23.6 Å². The summed E-state index contributed by atoms with van der Waals surface area (Å²) < 4.78 is 17.3. The van der Waals surface area contributed by atoms with Crippen LogP contribution in [-0.4, -0.2) is 76.0 Å². The maximum absolute atomic E-state index is 12.9. The number of alkyl carbamates (subject to hydrolysis) is 1. The van der Waals surface area contributed by atoms with Crippen molar-refractivity contribution in [1.29, 1.82) is 0 Å². The van der Waals surface area contributed by atoms with Gasteiger partial charge in [0, 0.05) is 37.0 Å². The Morgan fingerprint density at radius 2 is 1.76 bits per heavy atom. The molecule has 0 radical (unpaired) electrons. The van der Waals surface area contributed by atoms with Crippen LogP contribution < -0.4 is 16.1 Å². The third-order valence-electron chi connectivity index (χ3n) is 6.37. The molecule has 11 heteroatoms. The van der Waals surface area contributed by atoms with Gasteiger partial charge in [-0.15, -0.1) is 0 Å². The van der Waals surface area contributed by atoms with E-state index in [9.17, 15) is 9.59 Å². The molecule has 0 aromatic carbocycles. The van der Waals surface area contributed by atoms with Crippen LogP contribution in [0.4, 0.5) is 10.7 Å². The number of aromatic nitrogens is 2. The minimum absolute atomic E-state index is 0.00845. The van der Waals surface area contributed by atoms with E-state index in [1.807, 2.05) is 27.7 Å². The van der Waals surface area contributed by atoms with Gasteiger partial charge < -0.3 is 29.6 Å². The van der Waals surface area contributed by atoms with E-state index in [-0.39, 0.29) is 11.9 Å². The number of carbonyl (C=O) groups excluding carboxylic acids is 2. The van der Waals surface area contributed by atoms with Crippen molar-refractivity contribution in [2.45, 2.75) is 97.1 Å². The van der Waals surface area contributed by atoms with Gasteiger partial charge in [0.2, 0.25) is 11.9 Å². The van der Waals surface area contributed by atoms with Gasteiger partial charge in [-0.2, -0.15) is 0 Å². The molecule has 0 aliphatic carbocycles. The summed E-state index contributed by atoms with van der Waals surface area (Å²) in [5.41, 5.74) is -0.721. The number of nitrogens with zero attached hydrogens (tertiary/aromatic N) is 3. The predicted molar refractivity (Wildman–Crippen MR) is 130 cm³/mol. The summed E-state index contributed by atoms with van der Waals surface area (Å²) in [5.74, 6) is 0.342. The molecule has 1 aromatic rings. The van der Waals surface area contributed by atoms with Crippen molar-refractivity contribution in [2.24, 2.45) is 0 Å². The molecule has 2 fully saturated rings. The quantitative estimate of drug-likeness (QED) is 0.623. The molecule has 1 aromatic heterocycles. The third kappa shape index (κ3) is 6.38. The Bertz CT molecular complexity index is 871. The van der Waals surface area contributed by atoms with E-state index in [0.29, 0.717) is 19.0 Å². The molecule has 2 atom stereocenters. The van der Waals surface area contributed by atoms with Crippen LogP contribution in [-0.2, 0) is 18.8 Å². The molecule has 3 rings (SSSR count). The lowest BCUT2D eigenvalue weighted by atomic mass is 9.81. The molecule has 34 heavy (non-hydrogen) atoms. The number of hydrogen-bond acceptors (Lipinski definition) is 8. The zero-order valence-electron chi connectivity index (χ0n) is 21.6. The van der Waals surface area contributed by atoms with Gasteiger partial charge in [0.1, 0.15) is 11.6 Å². The van der Waals surface area contributed by atoms with Crippen LogP contribution >= 0.6 is 0 Å². The van der Waals surface area contributed by atoms with Crippen molar-refractivity contribution in [3.05, 3.63) is 12.4 Å². The first-order valence-electron chi connectivity index (χ1n) is 11.9. The van der Waals surface area contributed by atoms with E-state index in [2.05, 4.69) is 20.6 Å². The molecular formula is C23H38BN5O5. The molecule has 0 unspecified atom stereocenters. The van der Waals surface area contributed by atoms with Gasteiger partial charge in [0.15, 0.2) is 0 Å². The maximum Gasteiger partial charge on any atom is 0.498 e. The Morgan fingerprint density at radius 1 is 1.18 bits per heavy atom. The van der Waals surface area contributed by atoms with Gasteiger partial charge in [-0.05, 0) is 68.2 Å². The lowest BCUT2D eigenvalue weighted by Gasteiger charge is -2.34. The molecular weight excluding hydrogens is 437 g/mol. The molecule has 10 nitrogen and oxygen atoms in total. The molecule has 188 valence electrons. The normalized spacial score (nSPS) is 22.8. The summed E-state index contributed by atoms with van der Waals surface area (Å²) in [6.07, 6.45) is 4.54. The number of likely N-dealkylation sites (tertiary alicyclic amines) is 1. The second-order valence-electron chi connectivity index (χ2n) is 11.1. The highest BCUT2D eigenvalue weighted by atomic mass is 16.7. The topological polar surface area (TPSA) is 115 Å². The lowest BCUT2D eigenvalue weighted by molar-refractivity contribution is -0.134. The van der Waals surface area contributed by atoms with Gasteiger partial charge in [0.05, 0.1) is 11.2 Å². The zero-order valence-corrected chi connectivity index (χ0v) is 21.6. The largest absolute Gasteiger partial charge is 0.498 e. The Kier molecular flexibility index (Phi) is 7.47. The van der Waals surface area contributed by atoms with E-state index in [0.717, 1.165) is 18.3 Å². The van der Waals surface area contributed by atoms with Crippen LogP contribution in [0.5, 0.6) is 0 Å². The van der Waals surface area contributed by atoms with Gasteiger partial charge in [-0.3, -0.25) is 4.79 Å². The Hall–Kier alpha value is -2.40. The molecule has 2 aliphatic heterocycles. The summed E-state index contributed by atoms with van der Waals surface area (Å²) in [6, 6.07) is -0.668. The van der Waals surface area contributed by atoms with Crippen molar-refractivity contribution in [2.75, 3.05) is 18.4 Å². The Labute approximate surface area is 202 Å². The van der Waals surface area contributed by atoms with Gasteiger partial charge in [-0.1, -0.05) is 0 Å². The first-order valence-corrected chi connectivity index (χ1v) is 11.9. The Balaban J connectivity index is 1.54. The van der Waals surface area contributed by atoms with E-state index in [1.165, 1.54) is 0 Å². The van der Waals surface area contributed by atoms with Crippen molar-refractivity contribution in [1.82, 2.24) is 20.2 Å². The molecule has 2 N–H and O–H groups in total. The minimum atomic E-state index is -0.677. The number of carbonyl (C=O) groups is 2. The number of rotatable bonds is 5. The van der Waals surface area contributed by atoms with Crippen LogP contribution in [0, 0.1) is 0 Å². The molecule has 2 aliphatic rings. The fourth-order valence-electron chi connectivity index (χ4n) is 3.81. The van der Waals surface area contributed by atoms with Crippen LogP contribution in [0.1, 0.15) is 68.2 Å². The number of piperidine rings is 1. The van der Waals surface area contributed by atoms with E-state index < -0.39 is 36.1 Å². The van der Waals surface area contributed by atoms with Gasteiger partial charge >= 0.3 is 13.2 Å². The number of nitrogens with one attached hydrogen (secondary N) is 2. The molecule has 2 saturated heterocycles. The van der Waals surface area contributed by atoms with Gasteiger partial charge in [0.25, 0.3) is 0 Å². The number of hydrogen-bond donors (Lipinski definition) is 2. The average Bonchev–Trinajstić information content (AvgIpc) is 2.93. The highest BCUT2D eigenvalue weighted by molar-refractivity contribution is 6.61.